The fourth-order valence-electron chi connectivity index (χ4n) is 1.25. The first-order valence-electron chi connectivity index (χ1n) is 5.23. The summed E-state index contributed by atoms with van der Waals surface area (Å²) in [6.45, 7) is 4.26. The highest BCUT2D eigenvalue weighted by Gasteiger charge is 2.10. The number of nitrogens with one attached hydrogen (secondary N) is 1. The lowest BCUT2D eigenvalue weighted by Crippen LogP contribution is -2.26. The molecule has 2 N–H and O–H groups in total. The number of hydrogen-bond acceptors (Lipinski definition) is 4. The number of aromatic nitrogens is 2. The van der Waals surface area contributed by atoms with Gasteiger partial charge in [0.05, 0.1) is 18.5 Å². The van der Waals surface area contributed by atoms with Gasteiger partial charge in [-0.25, -0.2) is 4.68 Å². The number of nitrogens with zero attached hydrogens (tertiary/aromatic N) is 2. The molecule has 6 heteroatoms. The monoisotopic (exact) mass is 245 g/mol. The van der Waals surface area contributed by atoms with Gasteiger partial charge in [-0.05, 0) is 13.3 Å². The van der Waals surface area contributed by atoms with Gasteiger partial charge in [-0.2, -0.15) is 5.10 Å². The van der Waals surface area contributed by atoms with Crippen molar-refractivity contribution in [1.29, 1.82) is 0 Å². The molecule has 90 valence electrons. The molecule has 0 aliphatic carbocycles. The van der Waals surface area contributed by atoms with Crippen LogP contribution in [0.5, 0.6) is 0 Å². The van der Waals surface area contributed by atoms with Crippen LogP contribution in [0.2, 0.25) is 5.02 Å². The van der Waals surface area contributed by atoms with E-state index in [1.807, 2.05) is 6.92 Å². The van der Waals surface area contributed by atoms with Crippen molar-refractivity contribution in [1.82, 2.24) is 9.78 Å². The molecule has 0 spiro atoms. The molecule has 1 unspecified atom stereocenters. The summed E-state index contributed by atoms with van der Waals surface area (Å²) in [5.41, 5.74) is 0.152. The van der Waals surface area contributed by atoms with E-state index in [9.17, 15) is 4.79 Å². The van der Waals surface area contributed by atoms with E-state index in [1.54, 1.807) is 6.92 Å². The molecule has 0 saturated carbocycles. The second kappa shape index (κ2) is 5.86. The minimum absolute atomic E-state index is 0.0334. The molecule has 1 rings (SSSR count). The highest BCUT2D eigenvalue weighted by molar-refractivity contribution is 6.32. The van der Waals surface area contributed by atoms with Crippen LogP contribution in [0.25, 0.3) is 0 Å². The minimum Gasteiger partial charge on any atom is -0.394 e. The molecule has 0 amide bonds. The topological polar surface area (TPSA) is 67.2 Å². The van der Waals surface area contributed by atoms with E-state index in [-0.39, 0.29) is 23.2 Å². The van der Waals surface area contributed by atoms with Gasteiger partial charge in [0.25, 0.3) is 5.56 Å². The van der Waals surface area contributed by atoms with Gasteiger partial charge in [-0.3, -0.25) is 4.79 Å². The van der Waals surface area contributed by atoms with Crippen molar-refractivity contribution in [2.45, 2.75) is 32.9 Å². The Bertz CT molecular complexity index is 406. The van der Waals surface area contributed by atoms with Gasteiger partial charge in [-0.15, -0.1) is 0 Å². The lowest BCUT2D eigenvalue weighted by molar-refractivity contribution is 0.281. The Labute approximate surface area is 99.0 Å². The molecule has 1 aromatic heterocycles. The molecule has 0 fully saturated rings. The van der Waals surface area contributed by atoms with Crippen molar-refractivity contribution in [3.05, 3.63) is 21.6 Å². The summed E-state index contributed by atoms with van der Waals surface area (Å²) in [5.74, 6) is 0. The Kier molecular flexibility index (Phi) is 4.76. The van der Waals surface area contributed by atoms with E-state index in [0.29, 0.717) is 12.2 Å². The molecule has 0 aliphatic heterocycles. The third kappa shape index (κ3) is 2.96. The molecule has 0 aliphatic rings. The fraction of sp³-hybridized carbons (Fsp3) is 0.600. The maximum absolute atomic E-state index is 11.7. The van der Waals surface area contributed by atoms with Gasteiger partial charge in [0.1, 0.15) is 5.02 Å². The van der Waals surface area contributed by atoms with Gasteiger partial charge in [0.2, 0.25) is 0 Å². The van der Waals surface area contributed by atoms with Crippen molar-refractivity contribution in [2.24, 2.45) is 0 Å². The molecule has 16 heavy (non-hydrogen) atoms. The van der Waals surface area contributed by atoms with Crippen LogP contribution in [0.3, 0.4) is 0 Å². The van der Waals surface area contributed by atoms with Gasteiger partial charge < -0.3 is 10.4 Å². The van der Waals surface area contributed by atoms with Crippen LogP contribution >= 0.6 is 11.6 Å². The Hall–Kier alpha value is -1.07. The smallest absolute Gasteiger partial charge is 0.287 e. The summed E-state index contributed by atoms with van der Waals surface area (Å²) in [7, 11) is 0. The number of hydrogen-bond donors (Lipinski definition) is 2. The molecule has 0 aromatic carbocycles. The molecular weight excluding hydrogens is 230 g/mol. The van der Waals surface area contributed by atoms with E-state index < -0.39 is 0 Å². The summed E-state index contributed by atoms with van der Waals surface area (Å²) in [6, 6.07) is -0.166. The molecular formula is C10H16ClN3O2. The zero-order valence-electron chi connectivity index (χ0n) is 9.40. The van der Waals surface area contributed by atoms with Gasteiger partial charge in [-0.1, -0.05) is 18.5 Å². The van der Waals surface area contributed by atoms with Crippen LogP contribution in [0.15, 0.2) is 11.0 Å². The molecule has 0 saturated heterocycles. The second-order valence-electron chi connectivity index (χ2n) is 3.63. The average Bonchev–Trinajstić information content (AvgIpc) is 2.28. The van der Waals surface area contributed by atoms with Crippen molar-refractivity contribution >= 4 is 17.3 Å². The molecule has 0 bridgehead atoms. The van der Waals surface area contributed by atoms with Crippen molar-refractivity contribution in [3.63, 3.8) is 0 Å². The maximum atomic E-state index is 11.7. The van der Waals surface area contributed by atoms with E-state index >= 15 is 0 Å². The minimum atomic E-state index is -0.307. The molecule has 1 aromatic rings. The van der Waals surface area contributed by atoms with Crippen LogP contribution in [-0.4, -0.2) is 27.5 Å². The predicted octanol–water partition coefficient (Wildman–Crippen LogP) is 1.10. The maximum Gasteiger partial charge on any atom is 0.287 e. The lowest BCUT2D eigenvalue weighted by Gasteiger charge is -2.13. The van der Waals surface area contributed by atoms with E-state index in [0.717, 1.165) is 6.42 Å². The number of rotatable bonds is 5. The highest BCUT2D eigenvalue weighted by Crippen LogP contribution is 2.16. The standard InChI is InChI=1S/C10H16ClN3O2/c1-3-4-14-10(16)9(11)8(5-12-14)13-7(2)6-15/h5,7,13,15H,3-4,6H2,1-2H3. The number of aliphatic hydroxyl groups excluding tert-OH is 1. The van der Waals surface area contributed by atoms with E-state index in [2.05, 4.69) is 10.4 Å². The molecule has 1 atom stereocenters. The van der Waals surface area contributed by atoms with Crippen molar-refractivity contribution in [2.75, 3.05) is 11.9 Å². The first-order valence-corrected chi connectivity index (χ1v) is 5.61. The van der Waals surface area contributed by atoms with Crippen LogP contribution in [0, 0.1) is 0 Å². The molecule has 0 radical (unpaired) electrons. The summed E-state index contributed by atoms with van der Waals surface area (Å²) < 4.78 is 1.33. The third-order valence-electron chi connectivity index (χ3n) is 2.10. The van der Waals surface area contributed by atoms with E-state index in [1.165, 1.54) is 10.9 Å². The van der Waals surface area contributed by atoms with Crippen LogP contribution in [0.1, 0.15) is 20.3 Å². The average molecular weight is 246 g/mol. The number of anilines is 1. The third-order valence-corrected chi connectivity index (χ3v) is 2.46. The Balaban J connectivity index is 2.98. The molecule has 5 nitrogen and oxygen atoms in total. The van der Waals surface area contributed by atoms with Crippen LogP contribution in [-0.2, 0) is 6.54 Å². The number of aliphatic hydroxyl groups is 1. The summed E-state index contributed by atoms with van der Waals surface area (Å²) in [4.78, 5) is 11.7. The highest BCUT2D eigenvalue weighted by atomic mass is 35.5. The Morgan fingerprint density at radius 3 is 2.94 bits per heavy atom. The fourth-order valence-corrected chi connectivity index (χ4v) is 1.45. The Morgan fingerprint density at radius 1 is 1.69 bits per heavy atom. The second-order valence-corrected chi connectivity index (χ2v) is 4.01. The summed E-state index contributed by atoms with van der Waals surface area (Å²) in [6.07, 6.45) is 2.33. The SMILES string of the molecule is CCCn1ncc(NC(C)CO)c(Cl)c1=O. The lowest BCUT2D eigenvalue weighted by atomic mass is 10.3. The van der Waals surface area contributed by atoms with Crippen molar-refractivity contribution < 1.29 is 5.11 Å². The zero-order valence-corrected chi connectivity index (χ0v) is 10.2. The summed E-state index contributed by atoms with van der Waals surface area (Å²) in [5, 5.41) is 15.9. The first-order chi connectivity index (χ1) is 7.60. The van der Waals surface area contributed by atoms with Crippen LogP contribution < -0.4 is 10.9 Å². The quantitative estimate of drug-likeness (QED) is 0.815. The zero-order chi connectivity index (χ0) is 12.1. The largest absolute Gasteiger partial charge is 0.394 e. The number of aryl methyl sites for hydroxylation is 1. The predicted molar refractivity (Wildman–Crippen MR) is 64.0 cm³/mol. The van der Waals surface area contributed by atoms with E-state index in [4.69, 9.17) is 16.7 Å². The summed E-state index contributed by atoms with van der Waals surface area (Å²) >= 11 is 5.92. The Morgan fingerprint density at radius 2 is 2.38 bits per heavy atom. The van der Waals surface area contributed by atoms with Crippen molar-refractivity contribution in [3.8, 4) is 0 Å². The number of halogens is 1. The van der Waals surface area contributed by atoms with Gasteiger partial charge in [0.15, 0.2) is 0 Å². The van der Waals surface area contributed by atoms with Gasteiger partial charge >= 0.3 is 0 Å². The molecule has 1 heterocycles. The van der Waals surface area contributed by atoms with Gasteiger partial charge in [0, 0.05) is 12.6 Å². The normalized spacial score (nSPS) is 12.5. The van der Waals surface area contributed by atoms with Crippen LogP contribution in [0.4, 0.5) is 5.69 Å². The first kappa shape index (κ1) is 13.0.